The molecule has 17 heavy (non-hydrogen) atoms. The number of benzene rings is 1. The summed E-state index contributed by atoms with van der Waals surface area (Å²) < 4.78 is 30.2. The third-order valence-electron chi connectivity index (χ3n) is 2.41. The first kappa shape index (κ1) is 11.7. The zero-order valence-electron chi connectivity index (χ0n) is 9.19. The van der Waals surface area contributed by atoms with Crippen molar-refractivity contribution in [3.8, 4) is 0 Å². The molecule has 1 aromatic rings. The lowest BCUT2D eigenvalue weighted by Gasteiger charge is -2.11. The average Bonchev–Trinajstić information content (AvgIpc) is 2.44. The molecule has 0 saturated heterocycles. The van der Waals surface area contributed by atoms with Crippen LogP contribution >= 0.6 is 0 Å². The highest BCUT2D eigenvalue weighted by molar-refractivity contribution is 7.92. The zero-order chi connectivity index (χ0) is 12.5. The molecule has 0 amide bonds. The molecule has 1 aliphatic rings. The van der Waals surface area contributed by atoms with Crippen LogP contribution in [0.25, 0.3) is 0 Å². The smallest absolute Gasteiger partial charge is 0.340 e. The summed E-state index contributed by atoms with van der Waals surface area (Å²) >= 11 is 0. The Morgan fingerprint density at radius 3 is 2.88 bits per heavy atom. The largest absolute Gasteiger partial charge is 0.465 e. The Morgan fingerprint density at radius 2 is 2.18 bits per heavy atom. The van der Waals surface area contributed by atoms with Gasteiger partial charge in [-0.2, -0.15) is 0 Å². The zero-order valence-corrected chi connectivity index (χ0v) is 10.0. The number of esters is 1. The van der Waals surface area contributed by atoms with Gasteiger partial charge in [0.15, 0.2) is 0 Å². The SMILES string of the molecule is COC(=O)c1cccc2c1NS(=O)(=O)CCN2. The lowest BCUT2D eigenvalue weighted by atomic mass is 10.1. The number of carbonyl (C=O) groups excluding carboxylic acids is 1. The second kappa shape index (κ2) is 4.25. The molecule has 2 N–H and O–H groups in total. The van der Waals surface area contributed by atoms with Crippen molar-refractivity contribution in [3.05, 3.63) is 23.8 Å². The van der Waals surface area contributed by atoms with Gasteiger partial charge in [-0.25, -0.2) is 13.2 Å². The number of methoxy groups -OCH3 is 1. The lowest BCUT2D eigenvalue weighted by Crippen LogP contribution is -2.19. The van der Waals surface area contributed by atoms with Crippen molar-refractivity contribution in [1.82, 2.24) is 0 Å². The second-order valence-corrected chi connectivity index (χ2v) is 5.41. The first-order valence-corrected chi connectivity index (χ1v) is 6.64. The van der Waals surface area contributed by atoms with Crippen molar-refractivity contribution in [1.29, 1.82) is 0 Å². The van der Waals surface area contributed by atoms with E-state index < -0.39 is 16.0 Å². The molecule has 0 aliphatic carbocycles. The fraction of sp³-hybridized carbons (Fsp3) is 0.300. The Labute approximate surface area is 99.0 Å². The van der Waals surface area contributed by atoms with Crippen LogP contribution in [0.4, 0.5) is 11.4 Å². The summed E-state index contributed by atoms with van der Waals surface area (Å²) in [6, 6.07) is 4.88. The minimum Gasteiger partial charge on any atom is -0.465 e. The predicted octanol–water partition coefficient (Wildman–Crippen LogP) is 0.640. The first-order valence-electron chi connectivity index (χ1n) is 4.99. The van der Waals surface area contributed by atoms with Gasteiger partial charge in [0.1, 0.15) is 0 Å². The highest BCUT2D eigenvalue weighted by Gasteiger charge is 2.22. The summed E-state index contributed by atoms with van der Waals surface area (Å²) in [5, 5.41) is 2.95. The normalized spacial score (nSPS) is 17.0. The van der Waals surface area contributed by atoms with Gasteiger partial charge in [0, 0.05) is 6.54 Å². The number of para-hydroxylation sites is 1. The number of sulfonamides is 1. The van der Waals surface area contributed by atoms with E-state index in [-0.39, 0.29) is 17.0 Å². The van der Waals surface area contributed by atoms with Gasteiger partial charge in [-0.3, -0.25) is 4.72 Å². The Bertz CT molecular complexity index is 553. The summed E-state index contributed by atoms with van der Waals surface area (Å²) in [6.45, 7) is 0.299. The maximum Gasteiger partial charge on any atom is 0.340 e. The van der Waals surface area contributed by atoms with Crippen LogP contribution in [0.2, 0.25) is 0 Å². The van der Waals surface area contributed by atoms with Crippen LogP contribution in [0.5, 0.6) is 0 Å². The summed E-state index contributed by atoms with van der Waals surface area (Å²) in [5.74, 6) is -0.615. The van der Waals surface area contributed by atoms with Crippen LogP contribution in [-0.2, 0) is 14.8 Å². The highest BCUT2D eigenvalue weighted by atomic mass is 32.2. The van der Waals surface area contributed by atoms with Crippen LogP contribution in [0.15, 0.2) is 18.2 Å². The maximum atomic E-state index is 11.6. The number of nitrogens with one attached hydrogen (secondary N) is 2. The van der Waals surface area contributed by atoms with Crippen molar-refractivity contribution in [3.63, 3.8) is 0 Å². The molecule has 1 aliphatic heterocycles. The minimum atomic E-state index is -3.42. The van der Waals surface area contributed by atoms with Crippen molar-refractivity contribution >= 4 is 27.4 Å². The number of ether oxygens (including phenoxy) is 1. The third-order valence-corrected chi connectivity index (χ3v) is 3.67. The van der Waals surface area contributed by atoms with Crippen LogP contribution in [0, 0.1) is 0 Å². The fourth-order valence-electron chi connectivity index (χ4n) is 1.62. The molecule has 1 heterocycles. The summed E-state index contributed by atoms with van der Waals surface area (Å²) in [7, 11) is -2.17. The van der Waals surface area contributed by atoms with Crippen molar-refractivity contribution in [2.24, 2.45) is 0 Å². The molecule has 1 aromatic carbocycles. The number of anilines is 2. The van der Waals surface area contributed by atoms with Crippen LogP contribution < -0.4 is 10.0 Å². The van der Waals surface area contributed by atoms with E-state index in [2.05, 4.69) is 14.8 Å². The van der Waals surface area contributed by atoms with Gasteiger partial charge >= 0.3 is 5.97 Å². The first-order chi connectivity index (χ1) is 8.03. The number of rotatable bonds is 1. The van der Waals surface area contributed by atoms with Gasteiger partial charge in [-0.05, 0) is 12.1 Å². The predicted molar refractivity (Wildman–Crippen MR) is 63.7 cm³/mol. The topological polar surface area (TPSA) is 84.5 Å². The second-order valence-electron chi connectivity index (χ2n) is 3.57. The van der Waals surface area contributed by atoms with Crippen LogP contribution in [-0.4, -0.2) is 33.8 Å². The third kappa shape index (κ3) is 2.33. The van der Waals surface area contributed by atoms with Crippen LogP contribution in [0.1, 0.15) is 10.4 Å². The Hall–Kier alpha value is -1.76. The van der Waals surface area contributed by atoms with Gasteiger partial charge in [0.25, 0.3) is 0 Å². The molecular formula is C10H12N2O4S. The molecule has 0 saturated carbocycles. The molecule has 0 unspecified atom stereocenters. The molecule has 0 radical (unpaired) electrons. The van der Waals surface area contributed by atoms with E-state index in [9.17, 15) is 13.2 Å². The van der Waals surface area contributed by atoms with Gasteiger partial charge in [0.2, 0.25) is 10.0 Å². The molecule has 0 aromatic heterocycles. The van der Waals surface area contributed by atoms with Gasteiger partial charge in [-0.15, -0.1) is 0 Å². The molecular weight excluding hydrogens is 244 g/mol. The average molecular weight is 256 g/mol. The number of hydrogen-bond donors (Lipinski definition) is 2. The van der Waals surface area contributed by atoms with E-state index in [1.165, 1.54) is 13.2 Å². The van der Waals surface area contributed by atoms with E-state index in [1.807, 2.05) is 0 Å². The van der Waals surface area contributed by atoms with Crippen LogP contribution in [0.3, 0.4) is 0 Å². The lowest BCUT2D eigenvalue weighted by molar-refractivity contribution is 0.0602. The number of fused-ring (bicyclic) bond motifs is 1. The Morgan fingerprint density at radius 1 is 1.41 bits per heavy atom. The summed E-state index contributed by atoms with van der Waals surface area (Å²) in [4.78, 5) is 11.5. The number of carbonyl (C=O) groups is 1. The number of hydrogen-bond acceptors (Lipinski definition) is 5. The molecule has 0 atom stereocenters. The van der Waals surface area contributed by atoms with E-state index >= 15 is 0 Å². The van der Waals surface area contributed by atoms with Crippen molar-refractivity contribution < 1.29 is 17.9 Å². The summed E-state index contributed by atoms with van der Waals surface area (Å²) in [5.41, 5.74) is 1.02. The van der Waals surface area contributed by atoms with Crippen molar-refractivity contribution in [2.75, 3.05) is 29.4 Å². The van der Waals surface area contributed by atoms with Gasteiger partial charge < -0.3 is 10.1 Å². The fourth-order valence-corrected chi connectivity index (χ4v) is 2.62. The monoisotopic (exact) mass is 256 g/mol. The highest BCUT2D eigenvalue weighted by Crippen LogP contribution is 2.29. The molecule has 2 rings (SSSR count). The molecule has 0 fully saturated rings. The van der Waals surface area contributed by atoms with E-state index in [4.69, 9.17) is 0 Å². The maximum absolute atomic E-state index is 11.6. The quantitative estimate of drug-likeness (QED) is 0.720. The van der Waals surface area contributed by atoms with Crippen molar-refractivity contribution in [2.45, 2.75) is 0 Å². The molecule has 92 valence electrons. The minimum absolute atomic E-state index is 0.0394. The van der Waals surface area contributed by atoms with Gasteiger partial charge in [-0.1, -0.05) is 6.07 Å². The summed E-state index contributed by atoms with van der Waals surface area (Å²) in [6.07, 6.45) is 0. The van der Waals surface area contributed by atoms with E-state index in [0.717, 1.165) is 0 Å². The Kier molecular flexibility index (Phi) is 2.93. The molecule has 0 spiro atoms. The van der Waals surface area contributed by atoms with Gasteiger partial charge in [0.05, 0.1) is 29.8 Å². The van der Waals surface area contributed by atoms with E-state index in [0.29, 0.717) is 12.2 Å². The standard InChI is InChI=1S/C10H12N2O4S/c1-16-10(13)7-3-2-4-8-9(7)12-17(14,15)6-5-11-8/h2-4,11-12H,5-6H2,1H3. The Balaban J connectivity index is 2.55. The molecule has 0 bridgehead atoms. The van der Waals surface area contributed by atoms with E-state index in [1.54, 1.807) is 12.1 Å². The molecule has 7 heteroatoms. The molecule has 6 nitrogen and oxygen atoms in total.